The van der Waals surface area contributed by atoms with E-state index >= 15 is 0 Å². The Balaban J connectivity index is 1.57. The Kier molecular flexibility index (Phi) is 8.65. The molecule has 2 heterocycles. The monoisotopic (exact) mass is 618 g/mol. The van der Waals surface area contributed by atoms with E-state index in [0.29, 0.717) is 26.2 Å². The van der Waals surface area contributed by atoms with Crippen LogP contribution in [0.1, 0.15) is 43.5 Å². The van der Waals surface area contributed by atoms with Crippen LogP contribution in [0.15, 0.2) is 98.7 Å². The number of aromatic nitrogens is 1. The van der Waals surface area contributed by atoms with Crippen molar-refractivity contribution in [3.8, 4) is 11.5 Å². The van der Waals surface area contributed by atoms with E-state index < -0.39 is 22.1 Å². The fourth-order valence-corrected chi connectivity index (χ4v) is 6.70. The Morgan fingerprint density at radius 3 is 2.37 bits per heavy atom. The van der Waals surface area contributed by atoms with E-state index in [2.05, 4.69) is 4.99 Å². The van der Waals surface area contributed by atoms with Crippen LogP contribution in [-0.4, -0.2) is 32.2 Å². The van der Waals surface area contributed by atoms with Gasteiger partial charge in [-0.25, -0.2) is 9.79 Å². The summed E-state index contributed by atoms with van der Waals surface area (Å²) < 4.78 is 44.2. The lowest BCUT2D eigenvalue weighted by Gasteiger charge is -2.24. The van der Waals surface area contributed by atoms with Gasteiger partial charge in [0.15, 0.2) is 16.3 Å². The summed E-state index contributed by atoms with van der Waals surface area (Å²) in [5, 5.41) is 0. The van der Waals surface area contributed by atoms with Gasteiger partial charge < -0.3 is 13.7 Å². The Morgan fingerprint density at radius 2 is 1.70 bits per heavy atom. The molecule has 9 nitrogen and oxygen atoms in total. The van der Waals surface area contributed by atoms with Crippen molar-refractivity contribution in [3.05, 3.63) is 120 Å². The number of carbonyl (C=O) groups excluding carboxylic acids is 1. The number of nitrogens with zero attached hydrogens (tertiary/aromatic N) is 2. The van der Waals surface area contributed by atoms with Crippen LogP contribution in [-0.2, 0) is 19.6 Å². The molecular weight excluding hydrogens is 588 g/mol. The number of thiazole rings is 1. The van der Waals surface area contributed by atoms with Gasteiger partial charge in [-0.15, -0.1) is 0 Å². The number of carbonyl (C=O) groups is 1. The molecule has 0 amide bonds. The zero-order valence-electron chi connectivity index (χ0n) is 24.1. The van der Waals surface area contributed by atoms with Gasteiger partial charge in [0, 0.05) is 0 Å². The number of allylic oxidation sites excluding steroid dienone is 1. The Morgan fingerprint density at radius 1 is 0.977 bits per heavy atom. The lowest BCUT2D eigenvalue weighted by Crippen LogP contribution is -2.39. The van der Waals surface area contributed by atoms with Crippen LogP contribution in [0.25, 0.3) is 6.08 Å². The van der Waals surface area contributed by atoms with Gasteiger partial charge in [0.25, 0.3) is 5.56 Å². The van der Waals surface area contributed by atoms with E-state index in [0.717, 1.165) is 11.1 Å². The first-order valence-electron chi connectivity index (χ1n) is 13.7. The second-order valence-electron chi connectivity index (χ2n) is 9.70. The standard InChI is InChI=1S/C32H30N2O7S2/c1-5-39-26-18-22(14-17-25(26)41-43(37,38)24-15-12-20(3)13-16-24)19-27-30(35)34-29(23-10-8-7-9-11-23)28(31(36)40-6-2)21(4)33-32(34)42-27/h7-19,29H,5-6H2,1-4H3. The van der Waals surface area contributed by atoms with Gasteiger partial charge in [-0.3, -0.25) is 9.36 Å². The molecule has 1 aromatic heterocycles. The van der Waals surface area contributed by atoms with Crippen molar-refractivity contribution in [2.24, 2.45) is 4.99 Å². The molecule has 0 saturated carbocycles. The molecule has 1 unspecified atom stereocenters. The van der Waals surface area contributed by atoms with Crippen LogP contribution in [0.3, 0.4) is 0 Å². The smallest absolute Gasteiger partial charge is 0.339 e. The molecule has 43 heavy (non-hydrogen) atoms. The van der Waals surface area contributed by atoms with Gasteiger partial charge in [-0.1, -0.05) is 65.4 Å². The molecule has 1 aliphatic heterocycles. The number of rotatable bonds is 9. The fraction of sp³-hybridized carbons (Fsp3) is 0.219. The summed E-state index contributed by atoms with van der Waals surface area (Å²) in [4.78, 5) is 31.9. The topological polar surface area (TPSA) is 113 Å². The average molecular weight is 619 g/mol. The van der Waals surface area contributed by atoms with E-state index in [-0.39, 0.29) is 35.2 Å². The number of benzene rings is 3. The van der Waals surface area contributed by atoms with Crippen LogP contribution in [0.4, 0.5) is 0 Å². The number of aryl methyl sites for hydroxylation is 1. The molecule has 4 aromatic rings. The summed E-state index contributed by atoms with van der Waals surface area (Å²) in [6.07, 6.45) is 1.68. The predicted molar refractivity (Wildman–Crippen MR) is 163 cm³/mol. The van der Waals surface area contributed by atoms with Gasteiger partial charge >= 0.3 is 16.1 Å². The Bertz CT molecular complexity index is 1990. The third-order valence-electron chi connectivity index (χ3n) is 6.71. The van der Waals surface area contributed by atoms with Gasteiger partial charge in [0.05, 0.1) is 35.1 Å². The van der Waals surface area contributed by atoms with E-state index in [4.69, 9.17) is 13.7 Å². The van der Waals surface area contributed by atoms with E-state index in [1.54, 1.807) is 51.1 Å². The predicted octanol–water partition coefficient (Wildman–Crippen LogP) is 4.27. The highest BCUT2D eigenvalue weighted by Crippen LogP contribution is 2.32. The highest BCUT2D eigenvalue weighted by Gasteiger charge is 2.33. The molecular formula is C32H30N2O7S2. The first kappa shape index (κ1) is 30.0. The molecule has 3 aromatic carbocycles. The number of hydrogen-bond acceptors (Lipinski definition) is 9. The summed E-state index contributed by atoms with van der Waals surface area (Å²) in [5.74, 6) is -0.286. The molecule has 1 atom stereocenters. The number of esters is 1. The molecule has 0 radical (unpaired) electrons. The van der Waals surface area contributed by atoms with Crippen LogP contribution in [0, 0.1) is 6.92 Å². The summed E-state index contributed by atoms with van der Waals surface area (Å²) in [6.45, 7) is 7.55. The number of hydrogen-bond donors (Lipinski definition) is 0. The highest BCUT2D eigenvalue weighted by atomic mass is 32.2. The molecule has 0 aliphatic carbocycles. The molecule has 0 spiro atoms. The first-order valence-corrected chi connectivity index (χ1v) is 15.9. The lowest BCUT2D eigenvalue weighted by molar-refractivity contribution is -0.139. The zero-order chi connectivity index (χ0) is 30.7. The van der Waals surface area contributed by atoms with E-state index in [1.807, 2.05) is 37.3 Å². The summed E-state index contributed by atoms with van der Waals surface area (Å²) in [5.41, 5.74) is 2.73. The maximum atomic E-state index is 13.9. The van der Waals surface area contributed by atoms with Crippen LogP contribution in [0.5, 0.6) is 11.5 Å². The molecule has 0 bridgehead atoms. The summed E-state index contributed by atoms with van der Waals surface area (Å²) in [6, 6.07) is 19.7. The van der Waals surface area contributed by atoms with Crippen molar-refractivity contribution in [2.45, 2.75) is 38.6 Å². The molecule has 1 aliphatic rings. The minimum atomic E-state index is -4.10. The first-order chi connectivity index (χ1) is 20.6. The normalized spacial score (nSPS) is 15.1. The maximum absolute atomic E-state index is 13.9. The van der Waals surface area contributed by atoms with Gasteiger partial charge in [0.1, 0.15) is 4.90 Å². The van der Waals surface area contributed by atoms with Gasteiger partial charge in [0.2, 0.25) is 0 Å². The second kappa shape index (κ2) is 12.4. The molecule has 0 saturated heterocycles. The molecule has 5 rings (SSSR count). The fourth-order valence-electron chi connectivity index (χ4n) is 4.72. The van der Waals surface area contributed by atoms with Crippen molar-refractivity contribution in [3.63, 3.8) is 0 Å². The SMILES string of the molecule is CCOC(=O)C1=C(C)N=c2sc(=Cc3ccc(OS(=O)(=O)c4ccc(C)cc4)c(OCC)c3)c(=O)n2C1c1ccccc1. The van der Waals surface area contributed by atoms with Crippen molar-refractivity contribution in [1.29, 1.82) is 0 Å². The molecule has 0 fully saturated rings. The molecule has 222 valence electrons. The Hall–Kier alpha value is -4.48. The summed E-state index contributed by atoms with van der Waals surface area (Å²) >= 11 is 1.19. The average Bonchev–Trinajstić information content (AvgIpc) is 3.28. The van der Waals surface area contributed by atoms with E-state index in [9.17, 15) is 18.0 Å². The van der Waals surface area contributed by atoms with Crippen molar-refractivity contribution < 1.29 is 26.9 Å². The van der Waals surface area contributed by atoms with Crippen molar-refractivity contribution >= 4 is 33.5 Å². The van der Waals surface area contributed by atoms with Crippen LogP contribution >= 0.6 is 11.3 Å². The third kappa shape index (κ3) is 6.18. The Labute approximate surface area is 253 Å². The quantitative estimate of drug-likeness (QED) is 0.203. The minimum absolute atomic E-state index is 0.0242. The molecule has 11 heteroatoms. The number of ether oxygens (including phenoxy) is 2. The van der Waals surface area contributed by atoms with E-state index in [1.165, 1.54) is 34.1 Å². The third-order valence-corrected chi connectivity index (χ3v) is 8.94. The van der Waals surface area contributed by atoms with Crippen molar-refractivity contribution in [1.82, 2.24) is 4.57 Å². The summed E-state index contributed by atoms with van der Waals surface area (Å²) in [7, 11) is -4.10. The zero-order valence-corrected chi connectivity index (χ0v) is 25.7. The maximum Gasteiger partial charge on any atom is 0.339 e. The lowest BCUT2D eigenvalue weighted by atomic mass is 9.96. The number of fused-ring (bicyclic) bond motifs is 1. The van der Waals surface area contributed by atoms with Gasteiger partial charge in [-0.05, 0) is 69.2 Å². The van der Waals surface area contributed by atoms with Crippen molar-refractivity contribution in [2.75, 3.05) is 13.2 Å². The molecule has 0 N–H and O–H groups in total. The van der Waals surface area contributed by atoms with Crippen LogP contribution < -0.4 is 23.8 Å². The highest BCUT2D eigenvalue weighted by molar-refractivity contribution is 7.87. The minimum Gasteiger partial charge on any atom is -0.490 e. The largest absolute Gasteiger partial charge is 0.490 e. The second-order valence-corrected chi connectivity index (χ2v) is 12.3. The van der Waals surface area contributed by atoms with Gasteiger partial charge in [-0.2, -0.15) is 8.42 Å². The van der Waals surface area contributed by atoms with Crippen LogP contribution in [0.2, 0.25) is 0 Å².